The second-order valence-corrected chi connectivity index (χ2v) is 5.29. The lowest BCUT2D eigenvalue weighted by atomic mass is 9.97. The fraction of sp³-hybridized carbons (Fsp3) is 0.167. The SMILES string of the molecule is CC(=O)N1C(=O)c2ccccc2C1CC(=O)c1ccccc1. The minimum absolute atomic E-state index is 0.0821. The molecule has 110 valence electrons. The second-order valence-electron chi connectivity index (χ2n) is 5.29. The van der Waals surface area contributed by atoms with E-state index in [4.69, 9.17) is 0 Å². The third kappa shape index (κ3) is 2.33. The van der Waals surface area contributed by atoms with Crippen molar-refractivity contribution in [1.29, 1.82) is 0 Å². The van der Waals surface area contributed by atoms with Crippen LogP contribution in [0.3, 0.4) is 0 Å². The lowest BCUT2D eigenvalue weighted by Crippen LogP contribution is -2.33. The molecule has 2 aromatic rings. The predicted molar refractivity (Wildman–Crippen MR) is 81.4 cm³/mol. The van der Waals surface area contributed by atoms with Crippen LogP contribution in [0.15, 0.2) is 54.6 Å². The van der Waals surface area contributed by atoms with Gasteiger partial charge in [-0.15, -0.1) is 0 Å². The lowest BCUT2D eigenvalue weighted by molar-refractivity contribution is -0.127. The van der Waals surface area contributed by atoms with E-state index in [0.717, 1.165) is 5.56 Å². The molecule has 4 heteroatoms. The molecule has 4 nitrogen and oxygen atoms in total. The van der Waals surface area contributed by atoms with Crippen molar-refractivity contribution < 1.29 is 14.4 Å². The van der Waals surface area contributed by atoms with E-state index in [1.54, 1.807) is 42.5 Å². The van der Waals surface area contributed by atoms with Crippen LogP contribution in [0.1, 0.15) is 45.7 Å². The smallest absolute Gasteiger partial charge is 0.261 e. The van der Waals surface area contributed by atoms with Gasteiger partial charge >= 0.3 is 0 Å². The quantitative estimate of drug-likeness (QED) is 0.817. The van der Waals surface area contributed by atoms with Crippen LogP contribution in [0.2, 0.25) is 0 Å². The number of ketones is 1. The number of amides is 2. The van der Waals surface area contributed by atoms with Gasteiger partial charge in [0.25, 0.3) is 5.91 Å². The van der Waals surface area contributed by atoms with Crippen molar-refractivity contribution in [2.75, 3.05) is 0 Å². The Bertz CT molecular complexity index is 752. The predicted octanol–water partition coefficient (Wildman–Crippen LogP) is 3.00. The fourth-order valence-electron chi connectivity index (χ4n) is 2.87. The number of rotatable bonds is 3. The van der Waals surface area contributed by atoms with Crippen molar-refractivity contribution in [3.8, 4) is 0 Å². The molecule has 0 bridgehead atoms. The van der Waals surface area contributed by atoms with Crippen LogP contribution in [0, 0.1) is 0 Å². The van der Waals surface area contributed by atoms with Crippen molar-refractivity contribution >= 4 is 17.6 Å². The van der Waals surface area contributed by atoms with Crippen molar-refractivity contribution in [3.63, 3.8) is 0 Å². The highest BCUT2D eigenvalue weighted by molar-refractivity contribution is 6.09. The van der Waals surface area contributed by atoms with E-state index >= 15 is 0 Å². The van der Waals surface area contributed by atoms with Crippen LogP contribution >= 0.6 is 0 Å². The average molecular weight is 293 g/mol. The second kappa shape index (κ2) is 5.56. The molecular weight excluding hydrogens is 278 g/mol. The maximum absolute atomic E-state index is 12.4. The first kappa shape index (κ1) is 14.2. The largest absolute Gasteiger partial charge is 0.294 e. The van der Waals surface area contributed by atoms with E-state index in [1.165, 1.54) is 11.8 Å². The first-order chi connectivity index (χ1) is 10.6. The molecular formula is C18H15NO3. The number of imide groups is 1. The van der Waals surface area contributed by atoms with Crippen molar-refractivity contribution in [1.82, 2.24) is 4.90 Å². The Morgan fingerprint density at radius 2 is 1.64 bits per heavy atom. The summed E-state index contributed by atoms with van der Waals surface area (Å²) in [7, 11) is 0. The Morgan fingerprint density at radius 1 is 1.00 bits per heavy atom. The molecule has 2 aromatic carbocycles. The Morgan fingerprint density at radius 3 is 2.32 bits per heavy atom. The number of fused-ring (bicyclic) bond motifs is 1. The maximum atomic E-state index is 12.4. The van der Waals surface area contributed by atoms with E-state index < -0.39 is 6.04 Å². The normalized spacial score (nSPS) is 16.5. The van der Waals surface area contributed by atoms with E-state index in [-0.39, 0.29) is 24.0 Å². The summed E-state index contributed by atoms with van der Waals surface area (Å²) in [5, 5.41) is 0. The highest BCUT2D eigenvalue weighted by Gasteiger charge is 2.39. The van der Waals surface area contributed by atoms with E-state index in [9.17, 15) is 14.4 Å². The van der Waals surface area contributed by atoms with Gasteiger partial charge in [0.15, 0.2) is 5.78 Å². The number of benzene rings is 2. The first-order valence-corrected chi connectivity index (χ1v) is 7.11. The number of carbonyl (C=O) groups excluding carboxylic acids is 3. The zero-order valence-corrected chi connectivity index (χ0v) is 12.2. The van der Waals surface area contributed by atoms with Crippen LogP contribution in [-0.4, -0.2) is 22.5 Å². The molecule has 0 spiro atoms. The summed E-state index contributed by atoms with van der Waals surface area (Å²) in [6.45, 7) is 1.35. The monoisotopic (exact) mass is 293 g/mol. The molecule has 0 saturated carbocycles. The van der Waals surface area contributed by atoms with Crippen LogP contribution in [0.5, 0.6) is 0 Å². The summed E-state index contributed by atoms with van der Waals surface area (Å²) in [4.78, 5) is 37.8. The summed E-state index contributed by atoms with van der Waals surface area (Å²) in [6.07, 6.45) is 0.104. The van der Waals surface area contributed by atoms with Crippen LogP contribution in [-0.2, 0) is 4.79 Å². The van der Waals surface area contributed by atoms with Gasteiger partial charge in [-0.3, -0.25) is 19.3 Å². The number of hydrogen-bond acceptors (Lipinski definition) is 3. The molecule has 22 heavy (non-hydrogen) atoms. The third-order valence-corrected chi connectivity index (χ3v) is 3.89. The molecule has 2 amide bonds. The van der Waals surface area contributed by atoms with E-state index in [0.29, 0.717) is 11.1 Å². The number of carbonyl (C=O) groups is 3. The van der Waals surface area contributed by atoms with Gasteiger partial charge in [-0.1, -0.05) is 48.5 Å². The summed E-state index contributed by atoms with van der Waals surface area (Å²) in [5.41, 5.74) is 1.83. The Balaban J connectivity index is 1.95. The van der Waals surface area contributed by atoms with Gasteiger partial charge in [0, 0.05) is 24.5 Å². The minimum Gasteiger partial charge on any atom is -0.294 e. The summed E-state index contributed by atoms with van der Waals surface area (Å²) < 4.78 is 0. The van der Waals surface area contributed by atoms with Gasteiger partial charge in [0.1, 0.15) is 0 Å². The minimum atomic E-state index is -0.520. The van der Waals surface area contributed by atoms with Gasteiger partial charge < -0.3 is 0 Å². The Labute approximate surface area is 128 Å². The topological polar surface area (TPSA) is 54.5 Å². The molecule has 1 aliphatic rings. The highest BCUT2D eigenvalue weighted by Crippen LogP contribution is 2.36. The molecule has 0 aromatic heterocycles. The van der Waals surface area contributed by atoms with Crippen molar-refractivity contribution in [3.05, 3.63) is 71.3 Å². The molecule has 1 aliphatic heterocycles. The molecule has 0 fully saturated rings. The zero-order chi connectivity index (χ0) is 15.7. The number of nitrogens with zero attached hydrogens (tertiary/aromatic N) is 1. The van der Waals surface area contributed by atoms with Gasteiger partial charge in [0.2, 0.25) is 5.91 Å². The standard InChI is InChI=1S/C18H15NO3/c1-12(20)19-16(11-17(21)13-7-3-2-4-8-13)14-9-5-6-10-15(14)18(19)22/h2-10,16H,11H2,1H3. The van der Waals surface area contributed by atoms with Gasteiger partial charge in [0.05, 0.1) is 6.04 Å². The summed E-state index contributed by atoms with van der Waals surface area (Å²) in [6, 6.07) is 15.5. The van der Waals surface area contributed by atoms with Crippen molar-refractivity contribution in [2.45, 2.75) is 19.4 Å². The third-order valence-electron chi connectivity index (χ3n) is 3.89. The lowest BCUT2D eigenvalue weighted by Gasteiger charge is -2.21. The number of Topliss-reactive ketones (excluding diaryl/α,β-unsaturated/α-hetero) is 1. The molecule has 1 heterocycles. The van der Waals surface area contributed by atoms with E-state index in [1.807, 2.05) is 12.1 Å². The maximum Gasteiger partial charge on any atom is 0.261 e. The Kier molecular flexibility index (Phi) is 3.59. The molecule has 0 radical (unpaired) electrons. The van der Waals surface area contributed by atoms with E-state index in [2.05, 4.69) is 0 Å². The average Bonchev–Trinajstić information content (AvgIpc) is 2.81. The van der Waals surface area contributed by atoms with Crippen LogP contribution in [0.25, 0.3) is 0 Å². The van der Waals surface area contributed by atoms with Crippen LogP contribution in [0.4, 0.5) is 0 Å². The van der Waals surface area contributed by atoms with Gasteiger partial charge in [-0.2, -0.15) is 0 Å². The molecule has 0 N–H and O–H groups in total. The van der Waals surface area contributed by atoms with Crippen molar-refractivity contribution in [2.24, 2.45) is 0 Å². The van der Waals surface area contributed by atoms with Crippen LogP contribution < -0.4 is 0 Å². The Hall–Kier alpha value is -2.75. The van der Waals surface area contributed by atoms with Gasteiger partial charge in [-0.05, 0) is 11.6 Å². The summed E-state index contributed by atoms with van der Waals surface area (Å²) >= 11 is 0. The molecule has 1 atom stereocenters. The molecule has 0 aliphatic carbocycles. The zero-order valence-electron chi connectivity index (χ0n) is 12.2. The molecule has 1 unspecified atom stereocenters. The molecule has 3 rings (SSSR count). The van der Waals surface area contributed by atoms with Gasteiger partial charge in [-0.25, -0.2) is 0 Å². The fourth-order valence-corrected chi connectivity index (χ4v) is 2.87. The number of hydrogen-bond donors (Lipinski definition) is 0. The first-order valence-electron chi connectivity index (χ1n) is 7.11. The summed E-state index contributed by atoms with van der Waals surface area (Å²) in [5.74, 6) is -0.748. The molecule has 0 saturated heterocycles. The highest BCUT2D eigenvalue weighted by atomic mass is 16.2.